The molecule has 1 atom stereocenters. The molecule has 1 unspecified atom stereocenters. The Bertz CT molecular complexity index is 1060. The Labute approximate surface area is 225 Å². The van der Waals surface area contributed by atoms with Gasteiger partial charge in [-0.25, -0.2) is 4.39 Å². The Morgan fingerprint density at radius 2 is 1.56 bits per heavy atom. The number of aliphatic hydroxyl groups is 1. The Hall–Kier alpha value is -2.51. The molecule has 3 aromatic rings. The number of anilines is 1. The van der Waals surface area contributed by atoms with Gasteiger partial charge in [0.15, 0.2) is 11.5 Å². The van der Waals surface area contributed by atoms with Crippen LogP contribution in [0.5, 0.6) is 11.5 Å². The van der Waals surface area contributed by atoms with E-state index < -0.39 is 6.10 Å². The summed E-state index contributed by atoms with van der Waals surface area (Å²) in [4.78, 5) is 2.30. The predicted octanol–water partition coefficient (Wildman–Crippen LogP) is 5.47. The number of nitrogens with zero attached hydrogens (tertiary/aromatic N) is 1. The van der Waals surface area contributed by atoms with Gasteiger partial charge in [0.2, 0.25) is 0 Å². The number of β-amino-alcohol motifs (C(OH)–C–C–N with tert-alkyl or cyclic N) is 1. The predicted molar refractivity (Wildman–Crippen MR) is 147 cm³/mol. The first-order chi connectivity index (χ1) is 16.5. The standard InChI is InChI=1S/C28H33FN2O3.2ClH/c1-33-27-11-10-25(30)17-28(27)34-19-26(32)18-31-14-12-23(13-15-31)22-6-2-20(3-7-22)16-21-4-8-24(29)9-5-21;;/h2-11,17,23,26,32H,12-16,18-19,30H2,1H3;2*1H. The minimum atomic E-state index is -0.589. The van der Waals surface area contributed by atoms with Crippen molar-refractivity contribution in [2.45, 2.75) is 31.3 Å². The summed E-state index contributed by atoms with van der Waals surface area (Å²) in [5.74, 6) is 1.47. The quantitative estimate of drug-likeness (QED) is 0.355. The van der Waals surface area contributed by atoms with Crippen molar-refractivity contribution in [3.8, 4) is 11.5 Å². The first-order valence-electron chi connectivity index (χ1n) is 11.8. The molecule has 196 valence electrons. The average Bonchev–Trinajstić information content (AvgIpc) is 2.85. The topological polar surface area (TPSA) is 68.0 Å². The van der Waals surface area contributed by atoms with Crippen LogP contribution >= 0.6 is 24.8 Å². The monoisotopic (exact) mass is 536 g/mol. The molecule has 0 bridgehead atoms. The molecule has 1 aliphatic rings. The molecule has 36 heavy (non-hydrogen) atoms. The van der Waals surface area contributed by atoms with Gasteiger partial charge in [0.1, 0.15) is 18.5 Å². The number of halogens is 3. The highest BCUT2D eigenvalue weighted by Gasteiger charge is 2.22. The summed E-state index contributed by atoms with van der Waals surface area (Å²) in [5.41, 5.74) is 10.1. The lowest BCUT2D eigenvalue weighted by atomic mass is 9.88. The molecule has 1 saturated heterocycles. The summed E-state index contributed by atoms with van der Waals surface area (Å²) in [6.45, 7) is 2.66. The van der Waals surface area contributed by atoms with Crippen molar-refractivity contribution in [3.63, 3.8) is 0 Å². The fourth-order valence-electron chi connectivity index (χ4n) is 4.54. The van der Waals surface area contributed by atoms with Crippen LogP contribution in [0.2, 0.25) is 0 Å². The van der Waals surface area contributed by atoms with Crippen LogP contribution < -0.4 is 15.2 Å². The van der Waals surface area contributed by atoms with E-state index >= 15 is 0 Å². The molecule has 3 N–H and O–H groups in total. The average molecular weight is 538 g/mol. The molecule has 0 saturated carbocycles. The summed E-state index contributed by atoms with van der Waals surface area (Å²) in [6.07, 6.45) is 2.34. The number of aliphatic hydroxyl groups excluding tert-OH is 1. The van der Waals surface area contributed by atoms with Crippen LogP contribution in [0.4, 0.5) is 10.1 Å². The van der Waals surface area contributed by atoms with Crippen molar-refractivity contribution in [3.05, 3.63) is 89.2 Å². The third-order valence-corrected chi connectivity index (χ3v) is 6.45. The molecule has 4 rings (SSSR count). The number of benzene rings is 3. The summed E-state index contributed by atoms with van der Waals surface area (Å²) in [7, 11) is 1.58. The van der Waals surface area contributed by atoms with Crippen LogP contribution in [0.1, 0.15) is 35.4 Å². The molecule has 8 heteroatoms. The number of methoxy groups -OCH3 is 1. The van der Waals surface area contributed by atoms with Gasteiger partial charge < -0.3 is 25.2 Å². The molecule has 0 radical (unpaired) electrons. The van der Waals surface area contributed by atoms with Crippen molar-refractivity contribution in [2.24, 2.45) is 0 Å². The highest BCUT2D eigenvalue weighted by Crippen LogP contribution is 2.30. The zero-order valence-corrected chi connectivity index (χ0v) is 22.1. The summed E-state index contributed by atoms with van der Waals surface area (Å²) < 4.78 is 24.2. The molecule has 1 heterocycles. The highest BCUT2D eigenvalue weighted by molar-refractivity contribution is 5.85. The number of piperidine rings is 1. The van der Waals surface area contributed by atoms with Crippen molar-refractivity contribution in [2.75, 3.05) is 39.1 Å². The smallest absolute Gasteiger partial charge is 0.163 e. The molecular formula is C28H35Cl2FN2O3. The molecule has 0 spiro atoms. The van der Waals surface area contributed by atoms with E-state index in [9.17, 15) is 9.50 Å². The van der Waals surface area contributed by atoms with E-state index in [4.69, 9.17) is 15.2 Å². The maximum atomic E-state index is 13.1. The fourth-order valence-corrected chi connectivity index (χ4v) is 4.54. The second-order valence-electron chi connectivity index (χ2n) is 8.99. The minimum Gasteiger partial charge on any atom is -0.493 e. The number of ether oxygens (including phenoxy) is 2. The van der Waals surface area contributed by atoms with Crippen LogP contribution in [0, 0.1) is 5.82 Å². The number of rotatable bonds is 9. The Morgan fingerprint density at radius 3 is 2.17 bits per heavy atom. The van der Waals surface area contributed by atoms with Crippen LogP contribution in [0.25, 0.3) is 0 Å². The summed E-state index contributed by atoms with van der Waals surface area (Å²) in [6, 6.07) is 20.7. The zero-order valence-electron chi connectivity index (χ0n) is 20.4. The van der Waals surface area contributed by atoms with Gasteiger partial charge in [0, 0.05) is 18.3 Å². The number of nitrogens with two attached hydrogens (primary N) is 1. The first kappa shape index (κ1) is 29.7. The first-order valence-corrected chi connectivity index (χ1v) is 11.8. The van der Waals surface area contributed by atoms with Crippen LogP contribution in [-0.4, -0.2) is 49.5 Å². The number of likely N-dealkylation sites (tertiary alicyclic amines) is 1. The zero-order chi connectivity index (χ0) is 23.9. The van der Waals surface area contributed by atoms with Crippen molar-refractivity contribution in [1.82, 2.24) is 4.90 Å². The van der Waals surface area contributed by atoms with E-state index in [1.54, 1.807) is 25.3 Å². The van der Waals surface area contributed by atoms with Gasteiger partial charge in [0.25, 0.3) is 0 Å². The summed E-state index contributed by atoms with van der Waals surface area (Å²) in [5, 5.41) is 10.5. The second-order valence-corrected chi connectivity index (χ2v) is 8.99. The highest BCUT2D eigenvalue weighted by atomic mass is 35.5. The Morgan fingerprint density at radius 1 is 0.944 bits per heavy atom. The lowest BCUT2D eigenvalue weighted by Crippen LogP contribution is -2.40. The lowest BCUT2D eigenvalue weighted by Gasteiger charge is -2.33. The molecule has 1 fully saturated rings. The molecule has 0 aromatic heterocycles. The van der Waals surface area contributed by atoms with Gasteiger partial charge in [-0.15, -0.1) is 24.8 Å². The van der Waals surface area contributed by atoms with E-state index in [0.717, 1.165) is 37.9 Å². The van der Waals surface area contributed by atoms with E-state index in [1.807, 2.05) is 12.1 Å². The van der Waals surface area contributed by atoms with Crippen molar-refractivity contribution >= 4 is 30.5 Å². The van der Waals surface area contributed by atoms with E-state index in [0.29, 0.717) is 29.6 Å². The van der Waals surface area contributed by atoms with Crippen LogP contribution in [0.3, 0.4) is 0 Å². The third-order valence-electron chi connectivity index (χ3n) is 6.45. The van der Waals surface area contributed by atoms with Crippen molar-refractivity contribution in [1.29, 1.82) is 0 Å². The Balaban J connectivity index is 0.00000228. The molecule has 1 aliphatic heterocycles. The van der Waals surface area contributed by atoms with Crippen LogP contribution in [0.15, 0.2) is 66.7 Å². The van der Waals surface area contributed by atoms with Gasteiger partial charge in [-0.1, -0.05) is 36.4 Å². The third kappa shape index (κ3) is 8.27. The molecule has 3 aromatic carbocycles. The van der Waals surface area contributed by atoms with E-state index in [1.165, 1.54) is 23.3 Å². The summed E-state index contributed by atoms with van der Waals surface area (Å²) >= 11 is 0. The van der Waals surface area contributed by atoms with Gasteiger partial charge in [-0.2, -0.15) is 0 Å². The number of hydrogen-bond acceptors (Lipinski definition) is 5. The normalized spacial score (nSPS) is 14.9. The number of nitrogen functional groups attached to an aromatic ring is 1. The van der Waals surface area contributed by atoms with Gasteiger partial charge in [-0.3, -0.25) is 0 Å². The van der Waals surface area contributed by atoms with Gasteiger partial charge in [-0.05, 0) is 79.2 Å². The van der Waals surface area contributed by atoms with Crippen LogP contribution in [-0.2, 0) is 6.42 Å². The fraction of sp³-hybridized carbons (Fsp3) is 0.357. The van der Waals surface area contributed by atoms with E-state index in [2.05, 4.69) is 29.2 Å². The van der Waals surface area contributed by atoms with Gasteiger partial charge in [0.05, 0.1) is 7.11 Å². The van der Waals surface area contributed by atoms with Crippen molar-refractivity contribution < 1.29 is 19.0 Å². The van der Waals surface area contributed by atoms with Gasteiger partial charge >= 0.3 is 0 Å². The molecule has 0 aliphatic carbocycles. The second kappa shape index (κ2) is 14.3. The minimum absolute atomic E-state index is 0. The maximum Gasteiger partial charge on any atom is 0.163 e. The Kier molecular flexibility index (Phi) is 11.8. The SMILES string of the molecule is COc1ccc(N)cc1OCC(O)CN1CCC(c2ccc(Cc3ccc(F)cc3)cc2)CC1.Cl.Cl. The lowest BCUT2D eigenvalue weighted by molar-refractivity contribution is 0.0586. The molecular weight excluding hydrogens is 502 g/mol. The largest absolute Gasteiger partial charge is 0.493 e. The molecule has 0 amide bonds. The molecule has 5 nitrogen and oxygen atoms in total. The van der Waals surface area contributed by atoms with E-state index in [-0.39, 0.29) is 37.2 Å². The number of hydrogen-bond donors (Lipinski definition) is 2. The maximum absolute atomic E-state index is 13.1.